The number of terminal acetylenes is 1. The second kappa shape index (κ2) is 7.40. The fourth-order valence-electron chi connectivity index (χ4n) is 3.17. The van der Waals surface area contributed by atoms with Crippen LogP contribution in [0.3, 0.4) is 0 Å². The molecule has 1 unspecified atom stereocenters. The Balaban J connectivity index is 1.72. The van der Waals surface area contributed by atoms with E-state index in [1.807, 2.05) is 0 Å². The molecule has 1 aromatic rings. The molecular formula is C19H19N3O4. The van der Waals surface area contributed by atoms with Crippen molar-refractivity contribution in [2.24, 2.45) is 0 Å². The number of hydrogen-bond donors (Lipinski definition) is 2. The Morgan fingerprint density at radius 3 is 2.65 bits per heavy atom. The number of piperidine rings is 1. The van der Waals surface area contributed by atoms with E-state index in [1.54, 1.807) is 18.2 Å². The first-order chi connectivity index (χ1) is 12.5. The third-order valence-corrected chi connectivity index (χ3v) is 4.52. The zero-order chi connectivity index (χ0) is 18.7. The van der Waals surface area contributed by atoms with Crippen LogP contribution in [0.2, 0.25) is 0 Å². The number of carbonyl (C=O) groups excluding carboxylic acids is 4. The highest BCUT2D eigenvalue weighted by Crippen LogP contribution is 2.29. The molecule has 7 heteroatoms. The molecule has 0 spiro atoms. The Morgan fingerprint density at radius 2 is 1.92 bits per heavy atom. The van der Waals surface area contributed by atoms with Crippen molar-refractivity contribution >= 4 is 29.3 Å². The van der Waals surface area contributed by atoms with Crippen LogP contribution >= 0.6 is 0 Å². The summed E-state index contributed by atoms with van der Waals surface area (Å²) >= 11 is 0. The average molecular weight is 353 g/mol. The number of hydrogen-bond acceptors (Lipinski definition) is 5. The van der Waals surface area contributed by atoms with Gasteiger partial charge in [-0.15, -0.1) is 12.3 Å². The molecule has 134 valence electrons. The zero-order valence-corrected chi connectivity index (χ0v) is 14.2. The minimum Gasteiger partial charge on any atom is -0.385 e. The Morgan fingerprint density at radius 1 is 1.15 bits per heavy atom. The zero-order valence-electron chi connectivity index (χ0n) is 14.2. The van der Waals surface area contributed by atoms with E-state index >= 15 is 0 Å². The lowest BCUT2D eigenvalue weighted by Gasteiger charge is -2.27. The monoisotopic (exact) mass is 353 g/mol. The molecule has 2 heterocycles. The van der Waals surface area contributed by atoms with Crippen LogP contribution in [0, 0.1) is 12.3 Å². The standard InChI is InChI=1S/C19H19N3O4/c1-2-3-4-5-10-20-12-6-7-13-14(11-12)19(26)22(18(13)25)15-8-9-16(23)21-17(15)24/h1,6-7,11,15,20H,3-5,8-10H2,(H,21,23,24). The maximum absolute atomic E-state index is 12.7. The minimum absolute atomic E-state index is 0.105. The van der Waals surface area contributed by atoms with Gasteiger partial charge in [0, 0.05) is 25.1 Å². The highest BCUT2D eigenvalue weighted by molar-refractivity contribution is 6.23. The van der Waals surface area contributed by atoms with Crippen LogP contribution in [0.1, 0.15) is 52.8 Å². The lowest BCUT2D eigenvalue weighted by atomic mass is 10.0. The van der Waals surface area contributed by atoms with Crippen LogP contribution < -0.4 is 10.6 Å². The summed E-state index contributed by atoms with van der Waals surface area (Å²) in [6, 6.07) is 4.01. The van der Waals surface area contributed by atoms with Crippen molar-refractivity contribution in [3.8, 4) is 12.3 Å². The molecule has 1 aromatic carbocycles. The van der Waals surface area contributed by atoms with Gasteiger partial charge in [0.1, 0.15) is 6.04 Å². The lowest BCUT2D eigenvalue weighted by molar-refractivity contribution is -0.136. The van der Waals surface area contributed by atoms with Crippen LogP contribution in [0.4, 0.5) is 5.69 Å². The van der Waals surface area contributed by atoms with Gasteiger partial charge in [0.25, 0.3) is 11.8 Å². The molecule has 0 bridgehead atoms. The van der Waals surface area contributed by atoms with Gasteiger partial charge in [0.15, 0.2) is 0 Å². The summed E-state index contributed by atoms with van der Waals surface area (Å²) in [5.74, 6) is 0.582. The molecule has 2 aliphatic heterocycles. The van der Waals surface area contributed by atoms with E-state index in [2.05, 4.69) is 16.6 Å². The summed E-state index contributed by atoms with van der Waals surface area (Å²) in [6.07, 6.45) is 8.00. The molecule has 1 fully saturated rings. The van der Waals surface area contributed by atoms with Crippen molar-refractivity contribution in [2.75, 3.05) is 11.9 Å². The number of benzene rings is 1. The highest BCUT2D eigenvalue weighted by atomic mass is 16.2. The summed E-state index contributed by atoms with van der Waals surface area (Å²) in [5, 5.41) is 5.38. The molecule has 26 heavy (non-hydrogen) atoms. The number of imide groups is 2. The third-order valence-electron chi connectivity index (χ3n) is 4.52. The number of nitrogens with zero attached hydrogens (tertiary/aromatic N) is 1. The van der Waals surface area contributed by atoms with E-state index in [0.29, 0.717) is 6.54 Å². The third kappa shape index (κ3) is 3.31. The first kappa shape index (κ1) is 17.7. The summed E-state index contributed by atoms with van der Waals surface area (Å²) < 4.78 is 0. The molecule has 1 saturated heterocycles. The molecule has 4 amide bonds. The number of amides is 4. The summed E-state index contributed by atoms with van der Waals surface area (Å²) in [5.41, 5.74) is 1.28. The van der Waals surface area contributed by atoms with E-state index < -0.39 is 23.8 Å². The van der Waals surface area contributed by atoms with Crippen LogP contribution in [0.15, 0.2) is 18.2 Å². The number of anilines is 1. The minimum atomic E-state index is -0.944. The van der Waals surface area contributed by atoms with E-state index in [4.69, 9.17) is 6.42 Å². The predicted molar refractivity (Wildman–Crippen MR) is 94.3 cm³/mol. The highest BCUT2D eigenvalue weighted by Gasteiger charge is 2.44. The van der Waals surface area contributed by atoms with Gasteiger partial charge in [-0.3, -0.25) is 29.4 Å². The lowest BCUT2D eigenvalue weighted by Crippen LogP contribution is -2.54. The first-order valence-corrected chi connectivity index (χ1v) is 8.56. The fourth-order valence-corrected chi connectivity index (χ4v) is 3.17. The first-order valence-electron chi connectivity index (χ1n) is 8.56. The maximum atomic E-state index is 12.7. The topological polar surface area (TPSA) is 95.6 Å². The molecule has 0 saturated carbocycles. The SMILES string of the molecule is C#CCCCCNc1ccc2c(c1)C(=O)N(C1CCC(=O)NC1=O)C2=O. The Kier molecular flexibility index (Phi) is 5.03. The number of unbranched alkanes of at least 4 members (excludes halogenated alkanes) is 2. The van der Waals surface area contributed by atoms with Gasteiger partial charge in [-0.05, 0) is 37.5 Å². The summed E-state index contributed by atoms with van der Waals surface area (Å²) in [6.45, 7) is 0.708. The average Bonchev–Trinajstić information content (AvgIpc) is 2.86. The van der Waals surface area contributed by atoms with Gasteiger partial charge in [-0.1, -0.05) is 0 Å². The molecule has 2 N–H and O–H groups in total. The second-order valence-corrected chi connectivity index (χ2v) is 6.30. The Hall–Kier alpha value is -3.14. The molecule has 0 radical (unpaired) electrons. The van der Waals surface area contributed by atoms with Crippen molar-refractivity contribution in [3.05, 3.63) is 29.3 Å². The number of rotatable bonds is 6. The van der Waals surface area contributed by atoms with Crippen molar-refractivity contribution < 1.29 is 19.2 Å². The molecular weight excluding hydrogens is 334 g/mol. The van der Waals surface area contributed by atoms with Gasteiger partial charge in [0.05, 0.1) is 11.1 Å². The van der Waals surface area contributed by atoms with Gasteiger partial charge in [-0.2, -0.15) is 0 Å². The van der Waals surface area contributed by atoms with Gasteiger partial charge >= 0.3 is 0 Å². The van der Waals surface area contributed by atoms with Crippen LogP contribution in [0.5, 0.6) is 0 Å². The van der Waals surface area contributed by atoms with Crippen LogP contribution in [0.25, 0.3) is 0 Å². The number of nitrogens with one attached hydrogen (secondary N) is 2. The van der Waals surface area contributed by atoms with Crippen LogP contribution in [-0.2, 0) is 9.59 Å². The summed E-state index contributed by atoms with van der Waals surface area (Å²) in [7, 11) is 0. The van der Waals surface area contributed by atoms with Crippen LogP contribution in [-0.4, -0.2) is 41.1 Å². The van der Waals surface area contributed by atoms with Gasteiger partial charge in [0.2, 0.25) is 11.8 Å². The van der Waals surface area contributed by atoms with Gasteiger partial charge < -0.3 is 5.32 Å². The van der Waals surface area contributed by atoms with Crippen molar-refractivity contribution in [2.45, 2.75) is 38.1 Å². The largest absolute Gasteiger partial charge is 0.385 e. The Bertz CT molecular complexity index is 825. The number of fused-ring (bicyclic) bond motifs is 1. The molecule has 7 nitrogen and oxygen atoms in total. The van der Waals surface area contributed by atoms with Crippen molar-refractivity contribution in [3.63, 3.8) is 0 Å². The van der Waals surface area contributed by atoms with Crippen molar-refractivity contribution in [1.29, 1.82) is 0 Å². The van der Waals surface area contributed by atoms with E-state index in [1.165, 1.54) is 0 Å². The van der Waals surface area contributed by atoms with Crippen molar-refractivity contribution in [1.82, 2.24) is 10.2 Å². The summed E-state index contributed by atoms with van der Waals surface area (Å²) in [4.78, 5) is 49.5. The molecule has 0 aromatic heterocycles. The smallest absolute Gasteiger partial charge is 0.262 e. The van der Waals surface area contributed by atoms with E-state index in [-0.39, 0.29) is 29.9 Å². The Labute approximate surface area is 151 Å². The quantitative estimate of drug-likeness (QED) is 0.457. The normalized spacial score (nSPS) is 19.2. The number of carbonyl (C=O) groups is 4. The molecule has 0 aliphatic carbocycles. The van der Waals surface area contributed by atoms with E-state index in [9.17, 15) is 19.2 Å². The maximum Gasteiger partial charge on any atom is 0.262 e. The van der Waals surface area contributed by atoms with E-state index in [0.717, 1.165) is 29.8 Å². The molecule has 2 aliphatic rings. The predicted octanol–water partition coefficient (Wildman–Crippen LogP) is 1.30. The second-order valence-electron chi connectivity index (χ2n) is 6.30. The molecule has 3 rings (SSSR count). The molecule has 1 atom stereocenters. The fraction of sp³-hybridized carbons (Fsp3) is 0.368. The van der Waals surface area contributed by atoms with Gasteiger partial charge in [-0.25, -0.2) is 0 Å².